The molecule has 3 N–H and O–H groups in total. The predicted molar refractivity (Wildman–Crippen MR) is 78.4 cm³/mol. The van der Waals surface area contributed by atoms with Gasteiger partial charge in [0.05, 0.1) is 12.1 Å². The van der Waals surface area contributed by atoms with Crippen LogP contribution in [0.1, 0.15) is 51.4 Å². The number of hydrogen-bond donors (Lipinski definition) is 2. The van der Waals surface area contributed by atoms with Crippen molar-refractivity contribution in [3.05, 3.63) is 0 Å². The lowest BCUT2D eigenvalue weighted by molar-refractivity contribution is -0.124. The number of methoxy groups -OCH3 is 1. The second kappa shape index (κ2) is 8.08. The number of carbonyl (C=O) groups is 1. The molecule has 0 heterocycles. The van der Waals surface area contributed by atoms with Gasteiger partial charge in [-0.25, -0.2) is 0 Å². The number of rotatable bonds is 4. The summed E-state index contributed by atoms with van der Waals surface area (Å²) in [7, 11) is 1.74. The van der Waals surface area contributed by atoms with Crippen LogP contribution >= 0.6 is 12.4 Å². The number of ether oxygens (including phenoxy) is 1. The average molecular weight is 291 g/mol. The van der Waals surface area contributed by atoms with E-state index in [-0.39, 0.29) is 36.5 Å². The molecular formula is C14H27ClN2O2. The molecule has 0 spiro atoms. The van der Waals surface area contributed by atoms with Crippen LogP contribution in [-0.4, -0.2) is 31.2 Å². The Morgan fingerprint density at radius 2 is 1.95 bits per heavy atom. The first kappa shape index (κ1) is 16.7. The Morgan fingerprint density at radius 1 is 1.21 bits per heavy atom. The number of hydrogen-bond acceptors (Lipinski definition) is 3. The first-order chi connectivity index (χ1) is 8.70. The summed E-state index contributed by atoms with van der Waals surface area (Å²) in [6.45, 7) is 0. The fourth-order valence-electron chi connectivity index (χ4n) is 3.37. The summed E-state index contributed by atoms with van der Waals surface area (Å²) < 4.78 is 5.46. The number of nitrogens with two attached hydrogens (primary N) is 1. The smallest absolute Gasteiger partial charge is 0.220 e. The summed E-state index contributed by atoms with van der Waals surface area (Å²) in [6.07, 6.45) is 8.63. The molecule has 0 aromatic rings. The van der Waals surface area contributed by atoms with E-state index in [1.165, 1.54) is 19.3 Å². The van der Waals surface area contributed by atoms with Crippen LogP contribution in [0.4, 0.5) is 0 Å². The molecule has 5 heteroatoms. The lowest BCUT2D eigenvalue weighted by Crippen LogP contribution is -2.46. The maximum atomic E-state index is 12.1. The van der Waals surface area contributed by atoms with Crippen LogP contribution in [-0.2, 0) is 9.53 Å². The van der Waals surface area contributed by atoms with Gasteiger partial charge in [-0.1, -0.05) is 19.3 Å². The molecule has 2 rings (SSSR count). The molecule has 0 saturated heterocycles. The van der Waals surface area contributed by atoms with Crippen molar-refractivity contribution < 1.29 is 9.53 Å². The van der Waals surface area contributed by atoms with Crippen LogP contribution in [0.5, 0.6) is 0 Å². The van der Waals surface area contributed by atoms with Crippen LogP contribution < -0.4 is 11.1 Å². The van der Waals surface area contributed by atoms with Crippen LogP contribution in [0.15, 0.2) is 0 Å². The quantitative estimate of drug-likeness (QED) is 0.832. The van der Waals surface area contributed by atoms with Crippen LogP contribution in [0.2, 0.25) is 0 Å². The summed E-state index contributed by atoms with van der Waals surface area (Å²) in [6, 6.07) is 0.425. The minimum Gasteiger partial charge on any atom is -0.379 e. The van der Waals surface area contributed by atoms with Gasteiger partial charge in [0.25, 0.3) is 0 Å². The number of halogens is 1. The van der Waals surface area contributed by atoms with Crippen molar-refractivity contribution in [1.82, 2.24) is 5.32 Å². The first-order valence-corrected chi connectivity index (χ1v) is 7.28. The van der Waals surface area contributed by atoms with Crippen molar-refractivity contribution in [3.63, 3.8) is 0 Å². The topological polar surface area (TPSA) is 64.3 Å². The van der Waals surface area contributed by atoms with Gasteiger partial charge in [0.1, 0.15) is 0 Å². The van der Waals surface area contributed by atoms with Gasteiger partial charge in [0.2, 0.25) is 5.91 Å². The van der Waals surface area contributed by atoms with Crippen LogP contribution in [0, 0.1) is 5.92 Å². The Labute approximate surface area is 122 Å². The zero-order valence-electron chi connectivity index (χ0n) is 11.8. The highest BCUT2D eigenvalue weighted by atomic mass is 35.5. The summed E-state index contributed by atoms with van der Waals surface area (Å²) >= 11 is 0. The van der Waals surface area contributed by atoms with Crippen LogP contribution in [0.25, 0.3) is 0 Å². The monoisotopic (exact) mass is 290 g/mol. The van der Waals surface area contributed by atoms with E-state index < -0.39 is 0 Å². The molecule has 2 unspecified atom stereocenters. The number of amides is 1. The molecule has 0 aromatic heterocycles. The van der Waals surface area contributed by atoms with Gasteiger partial charge in [-0.3, -0.25) is 4.79 Å². The molecule has 2 saturated carbocycles. The number of carbonyl (C=O) groups excluding carboxylic acids is 1. The molecule has 2 aliphatic rings. The van der Waals surface area contributed by atoms with Gasteiger partial charge in [-0.2, -0.15) is 0 Å². The third-order valence-corrected chi connectivity index (χ3v) is 4.52. The van der Waals surface area contributed by atoms with Crippen molar-refractivity contribution in [2.24, 2.45) is 11.7 Å². The largest absolute Gasteiger partial charge is 0.379 e. The van der Waals surface area contributed by atoms with E-state index in [4.69, 9.17) is 10.5 Å². The Morgan fingerprint density at radius 3 is 2.58 bits per heavy atom. The molecule has 2 aliphatic carbocycles. The first-order valence-electron chi connectivity index (χ1n) is 7.28. The molecule has 0 aliphatic heterocycles. The standard InChI is InChI=1S/C14H26N2O2.ClH/c1-18-13-8-3-2-7-12(13)16-14(17)9-10-5-4-6-11(10)15;/h10-13H,2-9,15H2,1H3,(H,16,17);1H/t10-,11+,12?,13?;/m0./s1. The van der Waals surface area contributed by atoms with Crippen molar-refractivity contribution in [2.75, 3.05) is 7.11 Å². The molecule has 0 bridgehead atoms. The highest BCUT2D eigenvalue weighted by Gasteiger charge is 2.29. The number of nitrogens with one attached hydrogen (secondary N) is 1. The lowest BCUT2D eigenvalue weighted by Gasteiger charge is -2.31. The van der Waals surface area contributed by atoms with E-state index in [0.717, 1.165) is 25.7 Å². The van der Waals surface area contributed by atoms with Gasteiger partial charge >= 0.3 is 0 Å². The molecule has 4 nitrogen and oxygen atoms in total. The lowest BCUT2D eigenvalue weighted by atomic mass is 9.91. The summed E-state index contributed by atoms with van der Waals surface area (Å²) in [5.41, 5.74) is 6.01. The molecule has 1 amide bonds. The van der Waals surface area contributed by atoms with Gasteiger partial charge in [0, 0.05) is 19.6 Å². The third-order valence-electron chi connectivity index (χ3n) is 4.52. The Kier molecular flexibility index (Phi) is 7.11. The zero-order chi connectivity index (χ0) is 13.0. The summed E-state index contributed by atoms with van der Waals surface area (Å²) in [4.78, 5) is 12.1. The van der Waals surface area contributed by atoms with Crippen molar-refractivity contribution in [1.29, 1.82) is 0 Å². The highest BCUT2D eigenvalue weighted by Crippen LogP contribution is 2.27. The summed E-state index contributed by atoms with van der Waals surface area (Å²) in [5.74, 6) is 0.542. The molecule has 19 heavy (non-hydrogen) atoms. The minimum absolute atomic E-state index is 0. The fourth-order valence-corrected chi connectivity index (χ4v) is 3.37. The second-order valence-electron chi connectivity index (χ2n) is 5.79. The van der Waals surface area contributed by atoms with Crippen LogP contribution in [0.3, 0.4) is 0 Å². The SMILES string of the molecule is COC1CCCCC1NC(=O)C[C@@H]1CCC[C@H]1N.Cl. The predicted octanol–water partition coefficient (Wildman–Crippen LogP) is 2.00. The molecule has 0 aromatic carbocycles. The molecule has 0 radical (unpaired) electrons. The fraction of sp³-hybridized carbons (Fsp3) is 0.929. The molecule has 2 fully saturated rings. The van der Waals surface area contributed by atoms with E-state index in [9.17, 15) is 4.79 Å². The van der Waals surface area contributed by atoms with Gasteiger partial charge in [0.15, 0.2) is 0 Å². The van der Waals surface area contributed by atoms with E-state index in [1.807, 2.05) is 0 Å². The maximum absolute atomic E-state index is 12.1. The molecular weight excluding hydrogens is 264 g/mol. The molecule has 112 valence electrons. The zero-order valence-corrected chi connectivity index (χ0v) is 12.6. The van der Waals surface area contributed by atoms with Gasteiger partial charge in [-0.05, 0) is 31.6 Å². The van der Waals surface area contributed by atoms with Crippen molar-refractivity contribution in [3.8, 4) is 0 Å². The van der Waals surface area contributed by atoms with E-state index >= 15 is 0 Å². The molecule has 4 atom stereocenters. The Bertz CT molecular complexity index is 289. The second-order valence-corrected chi connectivity index (χ2v) is 5.79. The minimum atomic E-state index is 0. The van der Waals surface area contributed by atoms with Crippen molar-refractivity contribution >= 4 is 18.3 Å². The maximum Gasteiger partial charge on any atom is 0.220 e. The highest BCUT2D eigenvalue weighted by molar-refractivity contribution is 5.85. The van der Waals surface area contributed by atoms with E-state index in [2.05, 4.69) is 5.32 Å². The normalized spacial score (nSPS) is 34.6. The average Bonchev–Trinajstić information content (AvgIpc) is 2.75. The Balaban J connectivity index is 0.00000180. The third kappa shape index (κ3) is 4.62. The van der Waals surface area contributed by atoms with E-state index in [0.29, 0.717) is 12.3 Å². The van der Waals surface area contributed by atoms with Gasteiger partial charge < -0.3 is 15.8 Å². The van der Waals surface area contributed by atoms with Gasteiger partial charge in [-0.15, -0.1) is 12.4 Å². The summed E-state index contributed by atoms with van der Waals surface area (Å²) in [5, 5.41) is 3.15. The van der Waals surface area contributed by atoms with E-state index in [1.54, 1.807) is 7.11 Å². The van der Waals surface area contributed by atoms with Crippen molar-refractivity contribution in [2.45, 2.75) is 69.6 Å². The Hall–Kier alpha value is -0.320.